The highest BCUT2D eigenvalue weighted by Gasteiger charge is 2.33. The lowest BCUT2D eigenvalue weighted by Gasteiger charge is -2.37. The van der Waals surface area contributed by atoms with Crippen LogP contribution < -0.4 is 4.74 Å². The minimum Gasteiger partial charge on any atom is -0.491 e. The number of aliphatic hydroxyl groups excluding tert-OH is 1. The molecule has 0 spiro atoms. The Labute approximate surface area is 218 Å². The van der Waals surface area contributed by atoms with Crippen molar-refractivity contribution >= 4 is 17.2 Å². The van der Waals surface area contributed by atoms with Crippen molar-refractivity contribution in [1.82, 2.24) is 9.80 Å². The normalized spacial score (nSPS) is 16.0. The van der Waals surface area contributed by atoms with E-state index in [2.05, 4.69) is 44.0 Å². The largest absolute Gasteiger partial charge is 0.491 e. The van der Waals surface area contributed by atoms with E-state index in [1.807, 2.05) is 46.2 Å². The zero-order valence-electron chi connectivity index (χ0n) is 21.2. The molecule has 2 aromatic carbocycles. The number of rotatable bonds is 11. The first-order valence-corrected chi connectivity index (χ1v) is 13.4. The maximum atomic E-state index is 13.6. The molecule has 1 N–H and O–H groups in total. The van der Waals surface area contributed by atoms with Gasteiger partial charge in [0.2, 0.25) is 5.91 Å². The van der Waals surface area contributed by atoms with Crippen LogP contribution in [0.25, 0.3) is 0 Å². The van der Waals surface area contributed by atoms with Crippen LogP contribution in [0.2, 0.25) is 0 Å². The van der Waals surface area contributed by atoms with Crippen molar-refractivity contribution in [3.63, 3.8) is 0 Å². The number of aliphatic hydroxyl groups is 1. The van der Waals surface area contributed by atoms with E-state index in [1.165, 1.54) is 16.0 Å². The number of thiophene rings is 1. The summed E-state index contributed by atoms with van der Waals surface area (Å²) in [7, 11) is 0. The second kappa shape index (κ2) is 12.3. The summed E-state index contributed by atoms with van der Waals surface area (Å²) in [5.74, 6) is 0.905. The van der Waals surface area contributed by atoms with Gasteiger partial charge in [0, 0.05) is 24.5 Å². The van der Waals surface area contributed by atoms with Crippen molar-refractivity contribution in [1.29, 1.82) is 0 Å². The molecule has 4 rings (SSSR count). The number of fused-ring (bicyclic) bond motifs is 1. The van der Waals surface area contributed by atoms with E-state index >= 15 is 0 Å². The lowest BCUT2D eigenvalue weighted by atomic mass is 10.00. The molecule has 1 amide bonds. The summed E-state index contributed by atoms with van der Waals surface area (Å²) in [6.45, 7) is 10.2. The molecule has 0 saturated carbocycles. The number of aryl methyl sites for hydroxylation is 2. The van der Waals surface area contributed by atoms with Gasteiger partial charge in [0.15, 0.2) is 0 Å². The van der Waals surface area contributed by atoms with Gasteiger partial charge in [0.1, 0.15) is 12.4 Å². The fourth-order valence-corrected chi connectivity index (χ4v) is 5.85. The van der Waals surface area contributed by atoms with E-state index in [0.29, 0.717) is 32.7 Å². The first-order chi connectivity index (χ1) is 17.4. The molecule has 36 heavy (non-hydrogen) atoms. The first kappa shape index (κ1) is 26.1. The van der Waals surface area contributed by atoms with Gasteiger partial charge in [0.25, 0.3) is 0 Å². The van der Waals surface area contributed by atoms with E-state index in [9.17, 15) is 9.90 Å². The minimum absolute atomic E-state index is 0.0508. The minimum atomic E-state index is -0.561. The highest BCUT2D eigenvalue weighted by Crippen LogP contribution is 2.34. The molecule has 0 saturated heterocycles. The van der Waals surface area contributed by atoms with Gasteiger partial charge < -0.3 is 14.7 Å². The van der Waals surface area contributed by atoms with Gasteiger partial charge in [-0.05, 0) is 60.9 Å². The van der Waals surface area contributed by atoms with Crippen molar-refractivity contribution in [3.8, 4) is 5.75 Å². The Kier molecular flexibility index (Phi) is 8.97. The third kappa shape index (κ3) is 6.64. The molecule has 0 radical (unpaired) electrons. The van der Waals surface area contributed by atoms with Crippen LogP contribution in [0, 0.1) is 13.8 Å². The molecule has 6 heteroatoms. The van der Waals surface area contributed by atoms with Gasteiger partial charge in [-0.25, -0.2) is 0 Å². The van der Waals surface area contributed by atoms with E-state index in [0.717, 1.165) is 23.3 Å². The second-order valence-corrected chi connectivity index (χ2v) is 10.6. The van der Waals surface area contributed by atoms with Crippen molar-refractivity contribution in [2.45, 2.75) is 38.8 Å². The molecule has 0 unspecified atom stereocenters. The number of amides is 1. The molecule has 1 aromatic heterocycles. The molecule has 0 bridgehead atoms. The summed E-state index contributed by atoms with van der Waals surface area (Å²) >= 11 is 1.75. The number of nitrogens with zero attached hydrogens (tertiary/aromatic N) is 2. The molecule has 0 aliphatic carbocycles. The third-order valence-electron chi connectivity index (χ3n) is 6.67. The Morgan fingerprint density at radius 1 is 1.25 bits per heavy atom. The summed E-state index contributed by atoms with van der Waals surface area (Å²) < 4.78 is 6.26. The number of hydrogen-bond donors (Lipinski definition) is 1. The topological polar surface area (TPSA) is 53.0 Å². The Hall–Kier alpha value is -2.93. The summed E-state index contributed by atoms with van der Waals surface area (Å²) in [5.41, 5.74) is 4.56. The average Bonchev–Trinajstić information content (AvgIpc) is 3.33. The quantitative estimate of drug-likeness (QED) is 0.375. The lowest BCUT2D eigenvalue weighted by molar-refractivity contribution is -0.136. The van der Waals surface area contributed by atoms with Crippen LogP contribution in [-0.2, 0) is 17.6 Å². The van der Waals surface area contributed by atoms with Crippen LogP contribution in [0.1, 0.15) is 33.2 Å². The van der Waals surface area contributed by atoms with E-state index < -0.39 is 6.10 Å². The molecular formula is C30H36N2O3S. The van der Waals surface area contributed by atoms with Crippen LogP contribution in [0.5, 0.6) is 5.75 Å². The first-order valence-electron chi connectivity index (χ1n) is 12.6. The zero-order valence-corrected chi connectivity index (χ0v) is 22.0. The summed E-state index contributed by atoms with van der Waals surface area (Å²) in [5, 5.41) is 12.8. The lowest BCUT2D eigenvalue weighted by Crippen LogP contribution is -2.48. The standard InChI is InChI=1S/C30H36N2O3S/c1-4-14-31(19-25(33)18-24-8-6-5-7-9-24)20-30(34)32-15-12-29-26(13-16-36-29)27(32)21-35-28-11-10-22(2)17-23(28)3/h4-11,13,16-17,25,27,33H,1,12,14-15,18-21H2,2-3H3/t25-,27-/m0/s1. The fraction of sp³-hybridized carbons (Fsp3) is 0.367. The Balaban J connectivity index is 1.44. The van der Waals surface area contributed by atoms with Crippen molar-refractivity contribution < 1.29 is 14.6 Å². The van der Waals surface area contributed by atoms with Crippen LogP contribution >= 0.6 is 11.3 Å². The van der Waals surface area contributed by atoms with Gasteiger partial charge in [0.05, 0.1) is 18.7 Å². The molecule has 2 heterocycles. The zero-order chi connectivity index (χ0) is 25.5. The summed E-state index contributed by atoms with van der Waals surface area (Å²) in [4.78, 5) is 18.9. The van der Waals surface area contributed by atoms with Gasteiger partial charge in [-0.1, -0.05) is 54.1 Å². The highest BCUT2D eigenvalue weighted by molar-refractivity contribution is 7.10. The fourth-order valence-electron chi connectivity index (χ4n) is 4.92. The SMILES string of the molecule is C=CCN(CC(=O)N1CCc2sccc2[C@@H]1COc1ccc(C)cc1C)C[C@@H](O)Cc1ccccc1. The van der Waals surface area contributed by atoms with E-state index in [4.69, 9.17) is 4.74 Å². The molecule has 0 fully saturated rings. The van der Waals surface area contributed by atoms with Crippen molar-refractivity contribution in [3.05, 3.63) is 99.8 Å². The van der Waals surface area contributed by atoms with Crippen molar-refractivity contribution in [2.75, 3.05) is 32.8 Å². The van der Waals surface area contributed by atoms with E-state index in [1.54, 1.807) is 17.4 Å². The van der Waals surface area contributed by atoms with Crippen LogP contribution in [0.4, 0.5) is 0 Å². The molecule has 190 valence electrons. The van der Waals surface area contributed by atoms with Crippen LogP contribution in [0.15, 0.2) is 72.6 Å². The smallest absolute Gasteiger partial charge is 0.237 e. The Morgan fingerprint density at radius 3 is 2.81 bits per heavy atom. The monoisotopic (exact) mass is 504 g/mol. The number of ether oxygens (including phenoxy) is 1. The van der Waals surface area contributed by atoms with Gasteiger partial charge in [-0.3, -0.25) is 9.69 Å². The predicted molar refractivity (Wildman–Crippen MR) is 147 cm³/mol. The van der Waals surface area contributed by atoms with Crippen LogP contribution in [0.3, 0.4) is 0 Å². The molecular weight excluding hydrogens is 468 g/mol. The summed E-state index contributed by atoms with van der Waals surface area (Å²) in [6.07, 6.45) is 2.64. The predicted octanol–water partition coefficient (Wildman–Crippen LogP) is 4.96. The van der Waals surface area contributed by atoms with Gasteiger partial charge >= 0.3 is 0 Å². The number of hydrogen-bond acceptors (Lipinski definition) is 5. The number of carbonyl (C=O) groups excluding carboxylic acids is 1. The maximum Gasteiger partial charge on any atom is 0.237 e. The molecule has 5 nitrogen and oxygen atoms in total. The maximum absolute atomic E-state index is 13.6. The van der Waals surface area contributed by atoms with Crippen molar-refractivity contribution in [2.24, 2.45) is 0 Å². The Morgan fingerprint density at radius 2 is 2.06 bits per heavy atom. The molecule has 1 aliphatic heterocycles. The summed E-state index contributed by atoms with van der Waals surface area (Å²) in [6, 6.07) is 18.1. The van der Waals surface area contributed by atoms with Crippen LogP contribution in [-0.4, -0.2) is 59.7 Å². The van der Waals surface area contributed by atoms with E-state index in [-0.39, 0.29) is 18.5 Å². The Bertz CT molecular complexity index is 1160. The third-order valence-corrected chi connectivity index (χ3v) is 7.67. The molecule has 2 atom stereocenters. The number of carbonyl (C=O) groups is 1. The van der Waals surface area contributed by atoms with Gasteiger partial charge in [-0.15, -0.1) is 17.9 Å². The second-order valence-electron chi connectivity index (χ2n) is 9.56. The van der Waals surface area contributed by atoms with Gasteiger partial charge in [-0.2, -0.15) is 0 Å². The average molecular weight is 505 g/mol. The number of benzene rings is 2. The molecule has 1 aliphatic rings. The highest BCUT2D eigenvalue weighted by atomic mass is 32.1. The molecule has 3 aromatic rings.